The molecule has 4 rings (SSSR count). The summed E-state index contributed by atoms with van der Waals surface area (Å²) in [6.45, 7) is 10.8. The minimum atomic E-state index is -3.78. The molecule has 0 spiro atoms. The van der Waals surface area contributed by atoms with Crippen LogP contribution < -0.4 is 9.64 Å². The van der Waals surface area contributed by atoms with Crippen LogP contribution in [0.1, 0.15) is 41.0 Å². The van der Waals surface area contributed by atoms with E-state index in [-0.39, 0.29) is 10.9 Å². The zero-order valence-electron chi connectivity index (χ0n) is 21.8. The second kappa shape index (κ2) is 10.1. The first-order valence-corrected chi connectivity index (χ1v) is 14.1. The number of fused-ring (bicyclic) bond motifs is 1. The number of rotatable bonds is 5. The number of nitrogens with zero attached hydrogens (tertiary/aromatic N) is 2. The first-order valence-electron chi connectivity index (χ1n) is 12.3. The van der Waals surface area contributed by atoms with E-state index in [0.717, 1.165) is 17.7 Å². The Balaban J connectivity index is 2.02. The molecule has 7 heteroatoms. The van der Waals surface area contributed by atoms with Crippen molar-refractivity contribution in [1.82, 2.24) is 4.31 Å². The van der Waals surface area contributed by atoms with Crippen molar-refractivity contribution in [2.75, 3.05) is 18.5 Å². The second-order valence-corrected chi connectivity index (χ2v) is 13.2. The molecule has 0 bridgehead atoms. The monoisotopic (exact) mass is 526 g/mol. The molecule has 0 N–H and O–H groups in total. The largest absolute Gasteiger partial charge is 0.487 e. The van der Waals surface area contributed by atoms with Gasteiger partial charge in [-0.2, -0.15) is 4.31 Å². The quantitative estimate of drug-likeness (QED) is 0.348. The molecule has 192 valence electrons. The van der Waals surface area contributed by atoms with Gasteiger partial charge in [0.25, 0.3) is 0 Å². The van der Waals surface area contributed by atoms with E-state index in [2.05, 4.69) is 18.7 Å². The fourth-order valence-corrected chi connectivity index (χ4v) is 6.31. The zero-order chi connectivity index (χ0) is 26.3. The maximum Gasteiger partial charge on any atom is 0.245 e. The Morgan fingerprint density at radius 2 is 1.67 bits per heavy atom. The van der Waals surface area contributed by atoms with Gasteiger partial charge in [-0.15, -0.1) is 0 Å². The summed E-state index contributed by atoms with van der Waals surface area (Å²) >= 11 is 6.15. The van der Waals surface area contributed by atoms with E-state index in [0.29, 0.717) is 34.5 Å². The third-order valence-electron chi connectivity index (χ3n) is 6.30. The van der Waals surface area contributed by atoms with Gasteiger partial charge in [-0.3, -0.25) is 0 Å². The first kappa shape index (κ1) is 26.5. The van der Waals surface area contributed by atoms with Crippen molar-refractivity contribution in [2.45, 2.75) is 57.6 Å². The summed E-state index contributed by atoms with van der Waals surface area (Å²) in [6.07, 6.45) is 0.752. The van der Waals surface area contributed by atoms with E-state index < -0.39 is 15.6 Å². The van der Waals surface area contributed by atoms with Crippen LogP contribution in [0.2, 0.25) is 5.02 Å². The third kappa shape index (κ3) is 5.56. The maximum atomic E-state index is 14.1. The molecule has 1 aliphatic heterocycles. The molecular weight excluding hydrogens is 492 g/mol. The lowest BCUT2D eigenvalue weighted by molar-refractivity contribution is 0.131. The van der Waals surface area contributed by atoms with E-state index in [9.17, 15) is 8.42 Å². The average molecular weight is 527 g/mol. The molecule has 3 aromatic rings. The molecule has 3 aromatic carbocycles. The minimum Gasteiger partial charge on any atom is -0.487 e. The summed E-state index contributed by atoms with van der Waals surface area (Å²) in [5.74, 6) is 0.973. The average Bonchev–Trinajstić information content (AvgIpc) is 2.87. The lowest BCUT2D eigenvalue weighted by atomic mass is 10.0. The van der Waals surface area contributed by atoms with E-state index in [1.54, 1.807) is 29.6 Å². The van der Waals surface area contributed by atoms with Gasteiger partial charge in [0.1, 0.15) is 16.2 Å². The van der Waals surface area contributed by atoms with Crippen LogP contribution in [0.4, 0.5) is 11.4 Å². The summed E-state index contributed by atoms with van der Waals surface area (Å²) in [4.78, 5) is 2.39. The molecule has 1 aliphatic rings. The van der Waals surface area contributed by atoms with Crippen LogP contribution in [0, 0.1) is 5.92 Å². The van der Waals surface area contributed by atoms with E-state index in [1.807, 2.05) is 69.3 Å². The Morgan fingerprint density at radius 3 is 2.25 bits per heavy atom. The Morgan fingerprint density at radius 1 is 1.03 bits per heavy atom. The smallest absolute Gasteiger partial charge is 0.245 e. The van der Waals surface area contributed by atoms with E-state index in [1.165, 1.54) is 0 Å². The second-order valence-electron chi connectivity index (χ2n) is 10.8. The fraction of sp³-hybridized carbons (Fsp3) is 0.379. The number of anilines is 2. The van der Waals surface area contributed by atoms with Crippen molar-refractivity contribution in [2.24, 2.45) is 5.92 Å². The topological polar surface area (TPSA) is 49.9 Å². The number of halogens is 1. The summed E-state index contributed by atoms with van der Waals surface area (Å²) < 4.78 is 36.1. The van der Waals surface area contributed by atoms with Gasteiger partial charge < -0.3 is 9.64 Å². The van der Waals surface area contributed by atoms with Gasteiger partial charge in [0, 0.05) is 42.0 Å². The van der Waals surface area contributed by atoms with Crippen molar-refractivity contribution in [3.05, 3.63) is 71.8 Å². The van der Waals surface area contributed by atoms with Crippen molar-refractivity contribution in [1.29, 1.82) is 0 Å². The van der Waals surface area contributed by atoms with Gasteiger partial charge in [0.05, 0.1) is 5.69 Å². The summed E-state index contributed by atoms with van der Waals surface area (Å²) in [6, 6.07) is 20.8. The number of ether oxygens (including phenoxy) is 1. The minimum absolute atomic E-state index is 0.187. The molecule has 0 unspecified atom stereocenters. The highest BCUT2D eigenvalue weighted by Crippen LogP contribution is 2.45. The van der Waals surface area contributed by atoms with Crippen LogP contribution in [0.25, 0.3) is 11.1 Å². The van der Waals surface area contributed by atoms with Crippen molar-refractivity contribution >= 4 is 33.0 Å². The molecule has 36 heavy (non-hydrogen) atoms. The van der Waals surface area contributed by atoms with E-state index in [4.69, 9.17) is 16.3 Å². The van der Waals surface area contributed by atoms with Gasteiger partial charge in [-0.25, -0.2) is 8.42 Å². The zero-order valence-corrected chi connectivity index (χ0v) is 23.4. The fourth-order valence-electron chi connectivity index (χ4n) is 4.63. The van der Waals surface area contributed by atoms with Gasteiger partial charge in [0.2, 0.25) is 10.0 Å². The Labute approximate surface area is 220 Å². The number of likely N-dealkylation sites (N-methyl/N-ethyl adjacent to an activating group) is 1. The third-order valence-corrected chi connectivity index (χ3v) is 8.49. The molecule has 5 nitrogen and oxygen atoms in total. The summed E-state index contributed by atoms with van der Waals surface area (Å²) in [5.41, 5.74) is 2.64. The highest BCUT2D eigenvalue weighted by Gasteiger charge is 2.38. The molecule has 0 fully saturated rings. The van der Waals surface area contributed by atoms with Gasteiger partial charge in [-0.05, 0) is 69.0 Å². The predicted molar refractivity (Wildman–Crippen MR) is 149 cm³/mol. The van der Waals surface area contributed by atoms with Crippen LogP contribution >= 0.6 is 11.6 Å². The normalized spacial score (nSPS) is 18.1. The predicted octanol–water partition coefficient (Wildman–Crippen LogP) is 7.37. The molecule has 1 heterocycles. The molecule has 0 aromatic heterocycles. The van der Waals surface area contributed by atoms with Crippen molar-refractivity contribution in [3.8, 4) is 16.9 Å². The van der Waals surface area contributed by atoms with Crippen molar-refractivity contribution < 1.29 is 13.2 Å². The number of para-hydroxylation sites is 1. The Bertz CT molecular complexity index is 1320. The molecule has 0 saturated heterocycles. The van der Waals surface area contributed by atoms with E-state index >= 15 is 0 Å². The Kier molecular flexibility index (Phi) is 7.42. The van der Waals surface area contributed by atoms with Crippen LogP contribution in [0.3, 0.4) is 0 Å². The standard InChI is InChI=1S/C29H35ClN2O3S/c1-20(2)16-24-19-32(23-10-8-7-9-11-23)26-18-27(35-29(3,4)5)25(21-12-14-22(30)15-13-21)17-28(26)36(33,34)31(24)6/h7-15,17-18,20,24H,16,19H2,1-6H3/t24-/m1/s1. The maximum absolute atomic E-state index is 14.1. The van der Waals surface area contributed by atoms with Gasteiger partial charge in [-0.1, -0.05) is 55.8 Å². The molecule has 0 aliphatic carbocycles. The van der Waals surface area contributed by atoms with Gasteiger partial charge in [0.15, 0.2) is 0 Å². The number of hydrogen-bond acceptors (Lipinski definition) is 4. The number of hydrogen-bond donors (Lipinski definition) is 0. The molecule has 0 radical (unpaired) electrons. The van der Waals surface area contributed by atoms with Crippen LogP contribution in [0.15, 0.2) is 71.6 Å². The first-order chi connectivity index (χ1) is 16.9. The van der Waals surface area contributed by atoms with Crippen LogP contribution in [-0.2, 0) is 10.0 Å². The lowest BCUT2D eigenvalue weighted by Crippen LogP contribution is -2.41. The highest BCUT2D eigenvalue weighted by molar-refractivity contribution is 7.89. The Hall–Kier alpha value is -2.54. The van der Waals surface area contributed by atoms with Gasteiger partial charge >= 0.3 is 0 Å². The van der Waals surface area contributed by atoms with Crippen LogP contribution in [-0.4, -0.2) is 38.0 Å². The molecule has 0 saturated carbocycles. The van der Waals surface area contributed by atoms with Crippen LogP contribution in [0.5, 0.6) is 5.75 Å². The molecule has 1 atom stereocenters. The van der Waals surface area contributed by atoms with Crippen molar-refractivity contribution in [3.63, 3.8) is 0 Å². The SMILES string of the molecule is CC(C)C[C@@H]1CN(c2ccccc2)c2cc(OC(C)(C)C)c(-c3ccc(Cl)cc3)cc2S(=O)(=O)N1C. The molecular formula is C29H35ClN2O3S. The number of benzene rings is 3. The molecule has 0 amide bonds. The highest BCUT2D eigenvalue weighted by atomic mass is 35.5. The number of sulfonamides is 1. The lowest BCUT2D eigenvalue weighted by Gasteiger charge is -2.31. The summed E-state index contributed by atoms with van der Waals surface area (Å²) in [7, 11) is -2.09. The summed E-state index contributed by atoms with van der Waals surface area (Å²) in [5, 5.41) is 0.617.